The fourth-order valence-electron chi connectivity index (χ4n) is 6.26. The molecule has 4 aromatic carbocycles. The van der Waals surface area contributed by atoms with Gasteiger partial charge in [-0.3, -0.25) is 4.57 Å². The van der Waals surface area contributed by atoms with Gasteiger partial charge in [0, 0.05) is 17.0 Å². The van der Waals surface area contributed by atoms with Crippen LogP contribution in [0.25, 0.3) is 61.3 Å². The van der Waals surface area contributed by atoms with Gasteiger partial charge in [0.1, 0.15) is 11.4 Å². The molecule has 0 N–H and O–H groups in total. The molecule has 208 valence electrons. The number of aryl methyl sites for hydroxylation is 2. The molecule has 0 unspecified atom stereocenters. The van der Waals surface area contributed by atoms with E-state index in [1.54, 1.807) is 0 Å². The fraction of sp³-hybridized carbons (Fsp3) is 0.211. The minimum atomic E-state index is 0.298. The van der Waals surface area contributed by atoms with Crippen LogP contribution in [0.1, 0.15) is 61.8 Å². The van der Waals surface area contributed by atoms with Crippen molar-refractivity contribution in [3.63, 3.8) is 0 Å². The van der Waals surface area contributed by atoms with Gasteiger partial charge in [0.25, 0.3) is 0 Å². The van der Waals surface area contributed by atoms with E-state index >= 15 is 0 Å². The molecule has 3 aromatic heterocycles. The fourth-order valence-corrected chi connectivity index (χ4v) is 6.26. The molecule has 42 heavy (non-hydrogen) atoms. The number of imidazole rings is 1. The Labute approximate surface area is 246 Å². The van der Waals surface area contributed by atoms with Crippen molar-refractivity contribution < 1.29 is 4.42 Å². The van der Waals surface area contributed by atoms with Gasteiger partial charge >= 0.3 is 0 Å². The minimum Gasteiger partial charge on any atom is -0.437 e. The van der Waals surface area contributed by atoms with Crippen LogP contribution in [0.15, 0.2) is 95.5 Å². The summed E-state index contributed by atoms with van der Waals surface area (Å²) >= 11 is 0. The molecule has 3 heterocycles. The summed E-state index contributed by atoms with van der Waals surface area (Å²) in [6.07, 6.45) is 1.87. The number of hydrogen-bond acceptors (Lipinski definition) is 3. The van der Waals surface area contributed by atoms with Crippen LogP contribution in [0.5, 0.6) is 0 Å². The molecule has 7 rings (SSSR count). The summed E-state index contributed by atoms with van der Waals surface area (Å²) in [7, 11) is 0. The molecule has 0 amide bonds. The number of rotatable bonds is 5. The summed E-state index contributed by atoms with van der Waals surface area (Å²) in [5.74, 6) is 1.48. The van der Waals surface area contributed by atoms with Gasteiger partial charge in [0.2, 0.25) is 5.71 Å². The van der Waals surface area contributed by atoms with Crippen LogP contribution in [0, 0.1) is 13.8 Å². The zero-order valence-corrected chi connectivity index (χ0v) is 25.1. The van der Waals surface area contributed by atoms with Gasteiger partial charge in [-0.05, 0) is 95.5 Å². The van der Waals surface area contributed by atoms with Crippen molar-refractivity contribution in [3.8, 4) is 28.2 Å². The van der Waals surface area contributed by atoms with Crippen LogP contribution in [0.3, 0.4) is 0 Å². The molecule has 0 aliphatic heterocycles. The second-order valence-electron chi connectivity index (χ2n) is 12.0. The maximum Gasteiger partial charge on any atom is 0.227 e. The lowest BCUT2D eigenvalue weighted by Gasteiger charge is -2.24. The SMILES string of the molecule is Cc1cnc2oc3c(-c4nc5ccccc5n4-c4c(C(C)C)cc(-c5ccccc5)cc4C(C)C)ccc(C)c3c2c1. The number of aromatic nitrogens is 3. The molecule has 0 atom stereocenters. The summed E-state index contributed by atoms with van der Waals surface area (Å²) in [6, 6.07) is 30.4. The van der Waals surface area contributed by atoms with E-state index in [-0.39, 0.29) is 0 Å². The first-order valence-electron chi connectivity index (χ1n) is 14.8. The van der Waals surface area contributed by atoms with Crippen molar-refractivity contribution in [2.45, 2.75) is 53.4 Å². The lowest BCUT2D eigenvalue weighted by atomic mass is 9.88. The minimum absolute atomic E-state index is 0.298. The standard InChI is InChI=1S/C38H35N3O/c1-22(2)29-19-27(26-12-8-7-9-13-26)20-30(23(3)4)35(29)41-33-15-11-10-14-32(33)40-37(41)28-17-16-25(6)34-31-18-24(5)21-39-38(31)42-36(28)34/h7-23H,1-6H3. The molecule has 0 bridgehead atoms. The quantitative estimate of drug-likeness (QED) is 0.214. The Morgan fingerprint density at radius 1 is 0.738 bits per heavy atom. The number of fused-ring (bicyclic) bond motifs is 4. The number of furan rings is 1. The first-order valence-corrected chi connectivity index (χ1v) is 14.8. The van der Waals surface area contributed by atoms with Gasteiger partial charge in [-0.15, -0.1) is 0 Å². The van der Waals surface area contributed by atoms with Gasteiger partial charge in [-0.2, -0.15) is 0 Å². The third-order valence-corrected chi connectivity index (χ3v) is 8.37. The zero-order valence-electron chi connectivity index (χ0n) is 25.1. The summed E-state index contributed by atoms with van der Waals surface area (Å²) in [5, 5.41) is 2.15. The summed E-state index contributed by atoms with van der Waals surface area (Å²) in [5.41, 5.74) is 13.1. The van der Waals surface area contributed by atoms with Crippen LogP contribution in [-0.4, -0.2) is 14.5 Å². The average molecular weight is 550 g/mol. The second kappa shape index (κ2) is 9.99. The predicted molar refractivity (Wildman–Crippen MR) is 175 cm³/mol. The highest BCUT2D eigenvalue weighted by molar-refractivity contribution is 6.10. The Morgan fingerprint density at radius 2 is 1.43 bits per heavy atom. The molecule has 0 spiro atoms. The second-order valence-corrected chi connectivity index (χ2v) is 12.0. The molecule has 4 nitrogen and oxygen atoms in total. The first kappa shape index (κ1) is 26.2. The van der Waals surface area contributed by atoms with E-state index in [0.29, 0.717) is 17.5 Å². The molecular weight excluding hydrogens is 514 g/mol. The molecule has 0 saturated carbocycles. The van der Waals surface area contributed by atoms with Crippen LogP contribution >= 0.6 is 0 Å². The largest absolute Gasteiger partial charge is 0.437 e. The van der Waals surface area contributed by atoms with E-state index in [9.17, 15) is 0 Å². The molecule has 7 aromatic rings. The van der Waals surface area contributed by atoms with Crippen LogP contribution < -0.4 is 0 Å². The Hall–Kier alpha value is -4.70. The van der Waals surface area contributed by atoms with E-state index in [1.807, 2.05) is 6.20 Å². The van der Waals surface area contributed by atoms with Crippen LogP contribution in [-0.2, 0) is 0 Å². The van der Waals surface area contributed by atoms with E-state index in [0.717, 1.165) is 44.3 Å². The van der Waals surface area contributed by atoms with E-state index < -0.39 is 0 Å². The predicted octanol–water partition coefficient (Wildman–Crippen LogP) is 10.5. The Morgan fingerprint density at radius 3 is 2.14 bits per heavy atom. The Kier molecular flexibility index (Phi) is 6.23. The van der Waals surface area contributed by atoms with Gasteiger partial charge in [-0.25, -0.2) is 9.97 Å². The van der Waals surface area contributed by atoms with Crippen LogP contribution in [0.2, 0.25) is 0 Å². The molecule has 4 heteroatoms. The Bertz CT molecular complexity index is 2080. The lowest BCUT2D eigenvalue weighted by molar-refractivity contribution is 0.654. The van der Waals surface area contributed by atoms with Crippen molar-refractivity contribution in [2.24, 2.45) is 0 Å². The van der Waals surface area contributed by atoms with Crippen molar-refractivity contribution in [1.29, 1.82) is 0 Å². The summed E-state index contributed by atoms with van der Waals surface area (Å²) < 4.78 is 8.91. The van der Waals surface area contributed by atoms with E-state index in [2.05, 4.69) is 136 Å². The number of para-hydroxylation sites is 2. The zero-order chi connectivity index (χ0) is 29.1. The molecule has 0 aliphatic carbocycles. The van der Waals surface area contributed by atoms with Gasteiger partial charge < -0.3 is 4.42 Å². The lowest BCUT2D eigenvalue weighted by Crippen LogP contribution is -2.09. The third-order valence-electron chi connectivity index (χ3n) is 8.37. The third kappa shape index (κ3) is 4.13. The van der Waals surface area contributed by atoms with Gasteiger partial charge in [0.15, 0.2) is 0 Å². The summed E-state index contributed by atoms with van der Waals surface area (Å²) in [4.78, 5) is 9.93. The van der Waals surface area contributed by atoms with E-state index in [1.165, 1.54) is 33.5 Å². The maximum absolute atomic E-state index is 6.53. The van der Waals surface area contributed by atoms with E-state index in [4.69, 9.17) is 9.40 Å². The highest BCUT2D eigenvalue weighted by atomic mass is 16.3. The summed E-state index contributed by atoms with van der Waals surface area (Å²) in [6.45, 7) is 13.4. The normalized spacial score (nSPS) is 12.0. The highest BCUT2D eigenvalue weighted by Gasteiger charge is 2.26. The van der Waals surface area contributed by atoms with Crippen molar-refractivity contribution in [1.82, 2.24) is 14.5 Å². The molecular formula is C38H35N3O. The van der Waals surface area contributed by atoms with Crippen molar-refractivity contribution >= 4 is 33.1 Å². The first-order chi connectivity index (χ1) is 20.3. The Balaban J connectivity index is 1.60. The van der Waals surface area contributed by atoms with Crippen molar-refractivity contribution in [3.05, 3.63) is 113 Å². The average Bonchev–Trinajstić information content (AvgIpc) is 3.56. The van der Waals surface area contributed by atoms with Crippen molar-refractivity contribution in [2.75, 3.05) is 0 Å². The number of benzene rings is 4. The monoisotopic (exact) mass is 549 g/mol. The van der Waals surface area contributed by atoms with Crippen LogP contribution in [0.4, 0.5) is 0 Å². The van der Waals surface area contributed by atoms with Gasteiger partial charge in [0.05, 0.1) is 22.3 Å². The maximum atomic E-state index is 6.53. The smallest absolute Gasteiger partial charge is 0.227 e. The molecule has 0 radical (unpaired) electrons. The topological polar surface area (TPSA) is 43.9 Å². The molecule has 0 aliphatic rings. The number of pyridine rings is 1. The molecule has 0 fully saturated rings. The number of nitrogens with zero attached hydrogens (tertiary/aromatic N) is 3. The molecule has 0 saturated heterocycles. The highest BCUT2D eigenvalue weighted by Crippen LogP contribution is 2.43. The van der Waals surface area contributed by atoms with Gasteiger partial charge in [-0.1, -0.05) is 76.2 Å². The number of hydrogen-bond donors (Lipinski definition) is 0.